The highest BCUT2D eigenvalue weighted by Crippen LogP contribution is 2.68. The Morgan fingerprint density at radius 2 is 2.02 bits per heavy atom. The van der Waals surface area contributed by atoms with E-state index in [0.717, 1.165) is 7.11 Å². The molecule has 0 radical (unpaired) electrons. The highest BCUT2D eigenvalue weighted by molar-refractivity contribution is 7.66. The van der Waals surface area contributed by atoms with E-state index in [4.69, 9.17) is 24.8 Å². The lowest BCUT2D eigenvalue weighted by atomic mass is 9.94. The van der Waals surface area contributed by atoms with Crippen LogP contribution in [0, 0.1) is 27.9 Å². The number of pyridine rings is 1. The maximum Gasteiger partial charge on any atom is 0.490 e. The zero-order chi connectivity index (χ0) is 33.0. The molecule has 45 heavy (non-hydrogen) atoms. The normalized spacial score (nSPS) is 21.2. The van der Waals surface area contributed by atoms with Gasteiger partial charge in [-0.1, -0.05) is 17.9 Å². The van der Waals surface area contributed by atoms with Gasteiger partial charge in [0.2, 0.25) is 0 Å². The van der Waals surface area contributed by atoms with Gasteiger partial charge >= 0.3 is 23.5 Å². The second-order valence-electron chi connectivity index (χ2n) is 9.11. The van der Waals surface area contributed by atoms with Crippen molar-refractivity contribution in [3.05, 3.63) is 63.6 Å². The number of fused-ring (bicyclic) bond motifs is 1. The zero-order valence-corrected chi connectivity index (χ0v) is 25.8. The molecule has 3 unspecified atom stereocenters. The number of hydrogen-bond donors (Lipinski definition) is 6. The first-order chi connectivity index (χ1) is 21.1. The number of phosphoric ester groups is 1. The Morgan fingerprint density at radius 1 is 1.27 bits per heavy atom. The Morgan fingerprint density at radius 3 is 2.69 bits per heavy atom. The number of phosphoric acid groups is 3. The molecule has 0 amide bonds. The van der Waals surface area contributed by atoms with Crippen LogP contribution in [0.1, 0.15) is 19.1 Å². The molecule has 20 nitrogen and oxygen atoms in total. The predicted octanol–water partition coefficient (Wildman–Crippen LogP) is 2.60. The van der Waals surface area contributed by atoms with Crippen molar-refractivity contribution in [2.45, 2.75) is 19.1 Å². The first kappa shape index (κ1) is 34.4. The van der Waals surface area contributed by atoms with E-state index in [0.29, 0.717) is 28.8 Å². The molecule has 3 heterocycles. The lowest BCUT2D eigenvalue weighted by molar-refractivity contribution is -0.421. The van der Waals surface area contributed by atoms with Gasteiger partial charge in [-0.25, -0.2) is 23.7 Å². The smallest absolute Gasteiger partial charge is 0.490 e. The van der Waals surface area contributed by atoms with Gasteiger partial charge in [-0.2, -0.15) is 8.62 Å². The molecular weight excluding hydrogens is 665 g/mol. The number of hydrogen-bond acceptors (Lipinski definition) is 15. The molecular formula is C22H27N6O14P3. The van der Waals surface area contributed by atoms with Crippen molar-refractivity contribution < 1.29 is 60.8 Å². The fourth-order valence-electron chi connectivity index (χ4n) is 4.20. The Bertz CT molecular complexity index is 1770. The molecule has 0 bridgehead atoms. The Hall–Kier alpha value is -3.43. The van der Waals surface area contributed by atoms with Gasteiger partial charge in [0.05, 0.1) is 23.6 Å². The molecule has 244 valence electrons. The van der Waals surface area contributed by atoms with Crippen LogP contribution < -0.4 is 11.1 Å². The van der Waals surface area contributed by atoms with Crippen LogP contribution in [-0.4, -0.2) is 66.1 Å². The molecule has 4 rings (SSSR count). The lowest BCUT2D eigenvalue weighted by Crippen LogP contribution is -2.16. The van der Waals surface area contributed by atoms with Gasteiger partial charge in [0.25, 0.3) is 5.70 Å². The minimum atomic E-state index is -5.61. The molecule has 0 saturated heterocycles. The minimum absolute atomic E-state index is 0.0731. The molecule has 4 atom stereocenters. The maximum atomic E-state index is 12.6. The Labute approximate surface area is 254 Å². The van der Waals surface area contributed by atoms with Gasteiger partial charge in [0.1, 0.15) is 24.2 Å². The fourth-order valence-corrected chi connectivity index (χ4v) is 7.51. The van der Waals surface area contributed by atoms with Crippen molar-refractivity contribution >= 4 is 40.3 Å². The molecule has 0 fully saturated rings. The van der Waals surface area contributed by atoms with Gasteiger partial charge in [0, 0.05) is 37.4 Å². The van der Waals surface area contributed by atoms with Crippen molar-refractivity contribution in [1.29, 1.82) is 0 Å². The largest absolute Gasteiger partial charge is 0.508 e. The maximum absolute atomic E-state index is 12.6. The summed E-state index contributed by atoms with van der Waals surface area (Å²) in [7, 11) is -15.3. The highest BCUT2D eigenvalue weighted by Gasteiger charge is 2.43. The second kappa shape index (κ2) is 13.9. The summed E-state index contributed by atoms with van der Waals surface area (Å²) in [4.78, 5) is 46.8. The summed E-state index contributed by atoms with van der Waals surface area (Å²) < 4.78 is 59.5. The van der Waals surface area contributed by atoms with Crippen LogP contribution in [0.25, 0.3) is 11.2 Å². The monoisotopic (exact) mass is 692 g/mol. The molecule has 23 heteroatoms. The zero-order valence-electron chi connectivity index (χ0n) is 23.2. The van der Waals surface area contributed by atoms with E-state index in [9.17, 15) is 33.8 Å². The third kappa shape index (κ3) is 8.85. The number of aliphatic hydroxyl groups excluding tert-OH is 1. The summed E-state index contributed by atoms with van der Waals surface area (Å²) in [5, 5.41) is 25.2. The summed E-state index contributed by atoms with van der Waals surface area (Å²) in [6.07, 6.45) is 5.47. The fraction of sp³-hybridized carbons (Fsp3) is 0.364. The molecule has 1 aliphatic carbocycles. The first-order valence-electron chi connectivity index (χ1n) is 12.6. The van der Waals surface area contributed by atoms with Crippen LogP contribution in [0.5, 0.6) is 0 Å². The van der Waals surface area contributed by atoms with Crippen LogP contribution in [0.3, 0.4) is 0 Å². The molecule has 2 aliphatic rings. The summed E-state index contributed by atoms with van der Waals surface area (Å²) in [6, 6.07) is 1.62. The number of nitrogens with one attached hydrogen (secondary N) is 1. The van der Waals surface area contributed by atoms with E-state index in [1.807, 2.05) is 0 Å². The average Bonchev–Trinajstić information content (AvgIpc) is 3.55. The molecule has 1 aliphatic heterocycles. The number of imidazole rings is 1. The van der Waals surface area contributed by atoms with Crippen LogP contribution in [0.2, 0.25) is 0 Å². The molecule has 0 spiro atoms. The molecule has 2 aromatic heterocycles. The van der Waals surface area contributed by atoms with Gasteiger partial charge < -0.3 is 35.6 Å². The Balaban J connectivity index is 1.43. The molecule has 7 N–H and O–H groups in total. The van der Waals surface area contributed by atoms with E-state index in [2.05, 4.69) is 40.3 Å². The summed E-state index contributed by atoms with van der Waals surface area (Å²) in [5.41, 5.74) is 6.95. The van der Waals surface area contributed by atoms with Crippen molar-refractivity contribution in [2.75, 3.05) is 32.1 Å². The number of anilines is 1. The van der Waals surface area contributed by atoms with Gasteiger partial charge in [-0.05, 0) is 12.5 Å². The average molecular weight is 692 g/mol. The van der Waals surface area contributed by atoms with Crippen LogP contribution in [-0.2, 0) is 36.1 Å². The predicted molar refractivity (Wildman–Crippen MR) is 153 cm³/mol. The summed E-state index contributed by atoms with van der Waals surface area (Å²) in [6.45, 7) is -0.575. The number of nitrogens with zero attached hydrogens (tertiary/aromatic N) is 4. The first-order valence-corrected chi connectivity index (χ1v) is 17.1. The van der Waals surface area contributed by atoms with Crippen molar-refractivity contribution in [3.8, 4) is 11.8 Å². The summed E-state index contributed by atoms with van der Waals surface area (Å²) in [5.74, 6) is 4.64. The minimum Gasteiger partial charge on any atom is -0.508 e. The number of aromatic nitrogens is 3. The molecule has 0 saturated carbocycles. The third-order valence-electron chi connectivity index (χ3n) is 6.09. The quantitative estimate of drug-likeness (QED) is 0.0761. The van der Waals surface area contributed by atoms with E-state index in [-0.39, 0.29) is 42.6 Å². The number of aliphatic hydroxyl groups is 1. The molecule has 2 aromatic rings. The van der Waals surface area contributed by atoms with Crippen molar-refractivity contribution in [2.24, 2.45) is 11.7 Å². The summed E-state index contributed by atoms with van der Waals surface area (Å²) >= 11 is 0. The third-order valence-corrected chi connectivity index (χ3v) is 10.3. The van der Waals surface area contributed by atoms with Crippen LogP contribution >= 0.6 is 23.5 Å². The van der Waals surface area contributed by atoms with Crippen molar-refractivity contribution in [1.82, 2.24) is 14.5 Å². The van der Waals surface area contributed by atoms with Gasteiger partial charge in [-0.15, -0.1) is 0 Å². The van der Waals surface area contributed by atoms with E-state index >= 15 is 0 Å². The van der Waals surface area contributed by atoms with E-state index in [1.165, 1.54) is 23.2 Å². The van der Waals surface area contributed by atoms with E-state index in [1.54, 1.807) is 12.1 Å². The highest BCUT2D eigenvalue weighted by atomic mass is 31.3. The topological polar surface area (TPSA) is 290 Å². The van der Waals surface area contributed by atoms with Crippen LogP contribution in [0.4, 0.5) is 5.69 Å². The van der Waals surface area contributed by atoms with Crippen LogP contribution in [0.15, 0.2) is 53.5 Å². The van der Waals surface area contributed by atoms with Gasteiger partial charge in [0.15, 0.2) is 17.6 Å². The van der Waals surface area contributed by atoms with Gasteiger partial charge in [-0.3, -0.25) is 23.7 Å². The Kier molecular flexibility index (Phi) is 10.6. The standard InChI is InChI=1S/C22H27N6O14P3/c1-38-45(37,42-44(35,36)41-43(32,33)34)39-12-19-18(29)10-20(40-19)27-13-26-21-16(6-8-24-22(21)27)25-11-15-5-4-14(3-2-7-23)9-17(15)28(30)31/h5-6,8-9,13-14,20,29H,4,7,10-12,23H2,1H3,(H,24,25)(H,35,36)(H2,32,33,34)/t14?,20-,45?/m1/s1. The number of rotatable bonds is 13. The van der Waals surface area contributed by atoms with Crippen molar-refractivity contribution in [3.63, 3.8) is 0 Å². The lowest BCUT2D eigenvalue weighted by Gasteiger charge is -2.19. The SMILES string of the molecule is COP(=O)(OCC1=C(O)C[C@H](n2cnc3c(NCC4=CCC(C#CCN)C=C4[N+](=O)[O-])ccnc32)O1)OP(=O)(O)OP(=O)(O)O. The molecule has 0 aromatic carbocycles. The number of nitrogens with two attached hydrogens (primary N) is 1. The number of ether oxygens (including phenoxy) is 1. The second-order valence-corrected chi connectivity index (χ2v) is 13.9. The number of allylic oxidation sites excluding steroid dienone is 2. The van der Waals surface area contributed by atoms with E-state index < -0.39 is 41.2 Å². The number of nitro groups is 1.